The maximum atomic E-state index is 12.7. The number of ether oxygens (including phenoxy) is 1. The first-order chi connectivity index (χ1) is 10.1. The Bertz CT molecular complexity index is 596. The van der Waals surface area contributed by atoms with E-state index >= 15 is 0 Å². The van der Waals surface area contributed by atoms with Gasteiger partial charge in [0.05, 0.1) is 12.2 Å². The highest BCUT2D eigenvalue weighted by Gasteiger charge is 2.17. The molecule has 21 heavy (non-hydrogen) atoms. The predicted molar refractivity (Wildman–Crippen MR) is 84.6 cm³/mol. The van der Waals surface area contributed by atoms with Crippen molar-refractivity contribution in [2.75, 3.05) is 20.3 Å². The quantitative estimate of drug-likeness (QED) is 0.824. The number of hydrogen-bond donors (Lipinski definition) is 0. The molecule has 2 aromatic heterocycles. The number of carbonyl (C=O) groups is 1. The molecule has 2 heterocycles. The van der Waals surface area contributed by atoms with E-state index in [0.717, 1.165) is 16.8 Å². The van der Waals surface area contributed by atoms with Gasteiger partial charge in [0.25, 0.3) is 5.91 Å². The third-order valence-corrected chi connectivity index (χ3v) is 4.13. The van der Waals surface area contributed by atoms with Gasteiger partial charge in [-0.3, -0.25) is 9.78 Å². The standard InChI is InChI=1S/C16H20N2O2S/c1-12-8-15(9-17-13(12)2)16(19)18(5-6-20-3)10-14-4-7-21-11-14/h4,7-9,11H,5-6,10H2,1-3H3. The number of carbonyl (C=O) groups excluding carboxylic acids is 1. The molecule has 0 saturated heterocycles. The minimum Gasteiger partial charge on any atom is -0.383 e. The second-order valence-electron chi connectivity index (χ2n) is 4.98. The normalized spacial score (nSPS) is 10.6. The average molecular weight is 304 g/mol. The molecule has 2 aromatic rings. The molecule has 0 fully saturated rings. The molecule has 0 N–H and O–H groups in total. The number of aryl methyl sites for hydroxylation is 2. The number of amides is 1. The Labute approximate surface area is 129 Å². The van der Waals surface area contributed by atoms with Crippen LogP contribution in [0.15, 0.2) is 29.1 Å². The van der Waals surface area contributed by atoms with Crippen molar-refractivity contribution < 1.29 is 9.53 Å². The Morgan fingerprint density at radius 3 is 2.86 bits per heavy atom. The second kappa shape index (κ2) is 7.33. The van der Waals surface area contributed by atoms with E-state index in [1.54, 1.807) is 29.5 Å². The molecule has 0 aromatic carbocycles. The summed E-state index contributed by atoms with van der Waals surface area (Å²) in [6.45, 7) is 5.60. The number of aromatic nitrogens is 1. The van der Waals surface area contributed by atoms with Crippen LogP contribution in [0.25, 0.3) is 0 Å². The van der Waals surface area contributed by atoms with Gasteiger partial charge in [0.15, 0.2) is 0 Å². The van der Waals surface area contributed by atoms with Gasteiger partial charge in [-0.15, -0.1) is 0 Å². The maximum Gasteiger partial charge on any atom is 0.255 e. The molecule has 2 rings (SSSR count). The van der Waals surface area contributed by atoms with Crippen LogP contribution < -0.4 is 0 Å². The Hall–Kier alpha value is -1.72. The van der Waals surface area contributed by atoms with Crippen LogP contribution in [0, 0.1) is 13.8 Å². The Kier molecular flexibility index (Phi) is 5.47. The summed E-state index contributed by atoms with van der Waals surface area (Å²) in [4.78, 5) is 18.8. The Morgan fingerprint density at radius 1 is 1.43 bits per heavy atom. The van der Waals surface area contributed by atoms with Crippen LogP contribution in [-0.4, -0.2) is 36.1 Å². The molecule has 5 heteroatoms. The van der Waals surface area contributed by atoms with Gasteiger partial charge in [-0.2, -0.15) is 11.3 Å². The predicted octanol–water partition coefficient (Wildman–Crippen LogP) is 3.05. The van der Waals surface area contributed by atoms with Crippen LogP contribution in [0.1, 0.15) is 27.2 Å². The summed E-state index contributed by atoms with van der Waals surface area (Å²) >= 11 is 1.64. The molecule has 0 spiro atoms. The Morgan fingerprint density at radius 2 is 2.24 bits per heavy atom. The largest absolute Gasteiger partial charge is 0.383 e. The molecule has 0 aliphatic carbocycles. The molecule has 0 aliphatic rings. The first kappa shape index (κ1) is 15.7. The zero-order valence-electron chi connectivity index (χ0n) is 12.6. The van der Waals surface area contributed by atoms with Gasteiger partial charge in [-0.25, -0.2) is 0 Å². The fourth-order valence-corrected chi connectivity index (χ4v) is 2.66. The van der Waals surface area contributed by atoms with Crippen LogP contribution in [0.4, 0.5) is 0 Å². The number of thiophene rings is 1. The molecule has 0 atom stereocenters. The number of methoxy groups -OCH3 is 1. The van der Waals surface area contributed by atoms with Crippen LogP contribution >= 0.6 is 11.3 Å². The second-order valence-corrected chi connectivity index (χ2v) is 5.76. The molecule has 4 nitrogen and oxygen atoms in total. The lowest BCUT2D eigenvalue weighted by Crippen LogP contribution is -2.33. The van der Waals surface area contributed by atoms with E-state index in [1.165, 1.54) is 0 Å². The van der Waals surface area contributed by atoms with Crippen LogP contribution in [-0.2, 0) is 11.3 Å². The van der Waals surface area contributed by atoms with Gasteiger partial charge in [0.2, 0.25) is 0 Å². The van der Waals surface area contributed by atoms with E-state index in [4.69, 9.17) is 4.74 Å². The topological polar surface area (TPSA) is 42.4 Å². The first-order valence-electron chi connectivity index (χ1n) is 6.84. The summed E-state index contributed by atoms with van der Waals surface area (Å²) in [5, 5.41) is 4.08. The summed E-state index contributed by atoms with van der Waals surface area (Å²) in [7, 11) is 1.64. The number of hydrogen-bond acceptors (Lipinski definition) is 4. The summed E-state index contributed by atoms with van der Waals surface area (Å²) in [5.74, 6) is -0.00569. The molecule has 0 radical (unpaired) electrons. The first-order valence-corrected chi connectivity index (χ1v) is 7.78. The van der Waals surface area contributed by atoms with Crippen molar-refractivity contribution in [1.82, 2.24) is 9.88 Å². The van der Waals surface area contributed by atoms with Crippen molar-refractivity contribution in [3.63, 3.8) is 0 Å². The fraction of sp³-hybridized carbons (Fsp3) is 0.375. The SMILES string of the molecule is COCCN(Cc1ccsc1)C(=O)c1cnc(C)c(C)c1. The van der Waals surface area contributed by atoms with E-state index in [9.17, 15) is 4.79 Å². The lowest BCUT2D eigenvalue weighted by Gasteiger charge is -2.22. The highest BCUT2D eigenvalue weighted by atomic mass is 32.1. The van der Waals surface area contributed by atoms with Crippen LogP contribution in [0.3, 0.4) is 0 Å². The van der Waals surface area contributed by atoms with Gasteiger partial charge in [-0.05, 0) is 47.9 Å². The zero-order valence-corrected chi connectivity index (χ0v) is 13.4. The van der Waals surface area contributed by atoms with Gasteiger partial charge in [0.1, 0.15) is 0 Å². The monoisotopic (exact) mass is 304 g/mol. The third-order valence-electron chi connectivity index (χ3n) is 3.39. The van der Waals surface area contributed by atoms with Crippen molar-refractivity contribution in [2.45, 2.75) is 20.4 Å². The minimum absolute atomic E-state index is 0.00569. The smallest absolute Gasteiger partial charge is 0.255 e. The fourth-order valence-electron chi connectivity index (χ4n) is 2.00. The maximum absolute atomic E-state index is 12.7. The van der Waals surface area contributed by atoms with Crippen LogP contribution in [0.2, 0.25) is 0 Å². The molecule has 0 saturated carbocycles. The van der Waals surface area contributed by atoms with Crippen molar-refractivity contribution in [1.29, 1.82) is 0 Å². The van der Waals surface area contributed by atoms with Gasteiger partial charge in [0, 0.05) is 32.1 Å². The highest BCUT2D eigenvalue weighted by molar-refractivity contribution is 7.07. The number of rotatable bonds is 6. The van der Waals surface area contributed by atoms with Gasteiger partial charge < -0.3 is 9.64 Å². The van der Waals surface area contributed by atoms with Gasteiger partial charge in [-0.1, -0.05) is 0 Å². The zero-order chi connectivity index (χ0) is 15.2. The van der Waals surface area contributed by atoms with E-state index in [1.807, 2.05) is 31.4 Å². The molecular weight excluding hydrogens is 284 g/mol. The van der Waals surface area contributed by atoms with Crippen LogP contribution in [0.5, 0.6) is 0 Å². The van der Waals surface area contributed by atoms with E-state index in [-0.39, 0.29) is 5.91 Å². The van der Waals surface area contributed by atoms with Crippen molar-refractivity contribution >= 4 is 17.2 Å². The van der Waals surface area contributed by atoms with Crippen molar-refractivity contribution in [3.05, 3.63) is 51.5 Å². The minimum atomic E-state index is -0.00569. The Balaban J connectivity index is 2.18. The third kappa shape index (κ3) is 4.12. The lowest BCUT2D eigenvalue weighted by molar-refractivity contribution is 0.0680. The number of nitrogens with zero attached hydrogens (tertiary/aromatic N) is 2. The van der Waals surface area contributed by atoms with Crippen molar-refractivity contribution in [2.24, 2.45) is 0 Å². The summed E-state index contributed by atoms with van der Waals surface area (Å²) in [6.07, 6.45) is 1.65. The van der Waals surface area contributed by atoms with E-state index in [2.05, 4.69) is 10.4 Å². The molecule has 0 bridgehead atoms. The summed E-state index contributed by atoms with van der Waals surface area (Å²) in [6, 6.07) is 3.94. The molecule has 0 aliphatic heterocycles. The van der Waals surface area contributed by atoms with Gasteiger partial charge >= 0.3 is 0 Å². The van der Waals surface area contributed by atoms with E-state index in [0.29, 0.717) is 25.3 Å². The number of pyridine rings is 1. The summed E-state index contributed by atoms with van der Waals surface area (Å²) < 4.78 is 5.11. The summed E-state index contributed by atoms with van der Waals surface area (Å²) in [5.41, 5.74) is 3.75. The molecule has 112 valence electrons. The highest BCUT2D eigenvalue weighted by Crippen LogP contribution is 2.14. The average Bonchev–Trinajstić information content (AvgIpc) is 2.98. The molecule has 0 unspecified atom stereocenters. The molecular formula is C16H20N2O2S. The van der Waals surface area contributed by atoms with Crippen molar-refractivity contribution in [3.8, 4) is 0 Å². The lowest BCUT2D eigenvalue weighted by atomic mass is 10.1. The van der Waals surface area contributed by atoms with E-state index < -0.39 is 0 Å². The molecule has 1 amide bonds.